The lowest BCUT2D eigenvalue weighted by atomic mass is 10.2. The summed E-state index contributed by atoms with van der Waals surface area (Å²) >= 11 is 2.28. The van der Waals surface area contributed by atoms with Crippen molar-refractivity contribution in [2.75, 3.05) is 26.7 Å². The molecular formula is C8H14INO. The SMILES string of the molecule is CCC1=C(I)OCCN(C)C1. The van der Waals surface area contributed by atoms with Gasteiger partial charge in [0.05, 0.1) is 0 Å². The van der Waals surface area contributed by atoms with Crippen LogP contribution in [0.15, 0.2) is 9.34 Å². The van der Waals surface area contributed by atoms with Crippen molar-refractivity contribution in [3.63, 3.8) is 0 Å². The molecule has 1 aliphatic rings. The summed E-state index contributed by atoms with van der Waals surface area (Å²) < 4.78 is 6.61. The highest BCUT2D eigenvalue weighted by atomic mass is 127. The second-order valence-electron chi connectivity index (χ2n) is 2.82. The normalized spacial score (nSPS) is 21.4. The number of rotatable bonds is 1. The van der Waals surface area contributed by atoms with E-state index in [1.165, 1.54) is 5.57 Å². The quantitative estimate of drug-likeness (QED) is 0.674. The highest BCUT2D eigenvalue weighted by molar-refractivity contribution is 14.1. The molecule has 0 fully saturated rings. The fourth-order valence-corrected chi connectivity index (χ4v) is 1.88. The summed E-state index contributed by atoms with van der Waals surface area (Å²) in [6.07, 6.45) is 1.10. The average molecular weight is 267 g/mol. The molecule has 1 rings (SSSR count). The van der Waals surface area contributed by atoms with E-state index < -0.39 is 0 Å². The van der Waals surface area contributed by atoms with Crippen LogP contribution in [0.3, 0.4) is 0 Å². The van der Waals surface area contributed by atoms with Gasteiger partial charge in [0.2, 0.25) is 0 Å². The molecule has 0 spiro atoms. The predicted octanol–water partition coefficient (Wildman–Crippen LogP) is 2.00. The van der Waals surface area contributed by atoms with E-state index in [9.17, 15) is 0 Å². The monoisotopic (exact) mass is 267 g/mol. The van der Waals surface area contributed by atoms with Gasteiger partial charge in [0, 0.05) is 13.1 Å². The molecule has 0 bridgehead atoms. The Hall–Kier alpha value is 0.230. The number of hydrogen-bond acceptors (Lipinski definition) is 2. The van der Waals surface area contributed by atoms with Gasteiger partial charge in [-0.2, -0.15) is 0 Å². The molecular weight excluding hydrogens is 253 g/mol. The third kappa shape index (κ3) is 2.63. The largest absolute Gasteiger partial charge is 0.486 e. The highest BCUT2D eigenvalue weighted by Crippen LogP contribution is 2.20. The lowest BCUT2D eigenvalue weighted by molar-refractivity contribution is 0.217. The molecule has 0 unspecified atom stereocenters. The molecule has 0 saturated heterocycles. The van der Waals surface area contributed by atoms with Crippen molar-refractivity contribution in [2.45, 2.75) is 13.3 Å². The van der Waals surface area contributed by atoms with Crippen molar-refractivity contribution in [3.8, 4) is 0 Å². The Bertz CT molecular complexity index is 167. The summed E-state index contributed by atoms with van der Waals surface area (Å²) in [6.45, 7) is 5.11. The van der Waals surface area contributed by atoms with Crippen LogP contribution in [-0.2, 0) is 4.74 Å². The molecule has 0 N–H and O–H groups in total. The summed E-state index contributed by atoms with van der Waals surface area (Å²) in [7, 11) is 2.13. The van der Waals surface area contributed by atoms with Crippen LogP contribution in [0.25, 0.3) is 0 Å². The van der Waals surface area contributed by atoms with Gasteiger partial charge in [0.15, 0.2) is 3.77 Å². The van der Waals surface area contributed by atoms with E-state index in [1.54, 1.807) is 0 Å². The first-order chi connectivity index (χ1) is 5.24. The molecule has 0 aliphatic carbocycles. The van der Waals surface area contributed by atoms with Crippen LogP contribution < -0.4 is 0 Å². The van der Waals surface area contributed by atoms with Crippen LogP contribution in [0, 0.1) is 0 Å². The topological polar surface area (TPSA) is 12.5 Å². The van der Waals surface area contributed by atoms with E-state index >= 15 is 0 Å². The number of ether oxygens (including phenoxy) is 1. The molecule has 11 heavy (non-hydrogen) atoms. The van der Waals surface area contributed by atoms with E-state index in [2.05, 4.69) is 41.5 Å². The second kappa shape index (κ2) is 4.30. The Morgan fingerprint density at radius 1 is 1.64 bits per heavy atom. The first-order valence-corrected chi connectivity index (χ1v) is 5.00. The molecule has 0 atom stereocenters. The van der Waals surface area contributed by atoms with Crippen LogP contribution in [0.1, 0.15) is 13.3 Å². The molecule has 64 valence electrons. The van der Waals surface area contributed by atoms with Crippen molar-refractivity contribution in [1.29, 1.82) is 0 Å². The Morgan fingerprint density at radius 3 is 3.00 bits per heavy atom. The van der Waals surface area contributed by atoms with Crippen LogP contribution in [0.5, 0.6) is 0 Å². The van der Waals surface area contributed by atoms with E-state index in [0.29, 0.717) is 0 Å². The zero-order valence-corrected chi connectivity index (χ0v) is 9.22. The van der Waals surface area contributed by atoms with Crippen LogP contribution >= 0.6 is 22.6 Å². The Morgan fingerprint density at radius 2 is 2.36 bits per heavy atom. The summed E-state index contributed by atoms with van der Waals surface area (Å²) in [4.78, 5) is 2.30. The van der Waals surface area contributed by atoms with Gasteiger partial charge in [0.1, 0.15) is 6.61 Å². The Balaban J connectivity index is 2.65. The second-order valence-corrected chi connectivity index (χ2v) is 3.80. The Kier molecular flexibility index (Phi) is 3.65. The first kappa shape index (κ1) is 9.32. The Labute approximate surface area is 81.7 Å². The summed E-state index contributed by atoms with van der Waals surface area (Å²) in [5.41, 5.74) is 1.42. The molecule has 1 heterocycles. The fourth-order valence-electron chi connectivity index (χ4n) is 1.11. The number of halogens is 1. The van der Waals surface area contributed by atoms with E-state index in [1.807, 2.05) is 0 Å². The summed E-state index contributed by atoms with van der Waals surface area (Å²) in [5, 5.41) is 0. The molecule has 2 nitrogen and oxygen atoms in total. The average Bonchev–Trinajstić information content (AvgIpc) is 2.13. The third-order valence-corrected chi connectivity index (χ3v) is 2.94. The fraction of sp³-hybridized carbons (Fsp3) is 0.750. The van der Waals surface area contributed by atoms with Crippen LogP contribution in [-0.4, -0.2) is 31.6 Å². The minimum absolute atomic E-state index is 0.832. The van der Waals surface area contributed by atoms with Crippen molar-refractivity contribution < 1.29 is 4.74 Å². The maximum Gasteiger partial charge on any atom is 0.157 e. The summed E-state index contributed by atoms with van der Waals surface area (Å²) in [6, 6.07) is 0. The van der Waals surface area contributed by atoms with Gasteiger partial charge < -0.3 is 4.74 Å². The van der Waals surface area contributed by atoms with Gasteiger partial charge in [-0.05, 0) is 41.6 Å². The van der Waals surface area contributed by atoms with Gasteiger partial charge >= 0.3 is 0 Å². The number of hydrogen-bond donors (Lipinski definition) is 0. The van der Waals surface area contributed by atoms with Gasteiger partial charge in [0.25, 0.3) is 0 Å². The zero-order valence-electron chi connectivity index (χ0n) is 7.06. The van der Waals surface area contributed by atoms with Gasteiger partial charge in [-0.1, -0.05) is 6.92 Å². The first-order valence-electron chi connectivity index (χ1n) is 3.93. The smallest absolute Gasteiger partial charge is 0.157 e. The minimum Gasteiger partial charge on any atom is -0.486 e. The van der Waals surface area contributed by atoms with Gasteiger partial charge in [-0.25, -0.2) is 0 Å². The summed E-state index contributed by atoms with van der Waals surface area (Å²) in [5.74, 6) is 0. The van der Waals surface area contributed by atoms with Crippen molar-refractivity contribution >= 4 is 22.6 Å². The zero-order chi connectivity index (χ0) is 8.27. The van der Waals surface area contributed by atoms with E-state index in [0.717, 1.165) is 29.9 Å². The molecule has 1 aliphatic heterocycles. The van der Waals surface area contributed by atoms with E-state index in [-0.39, 0.29) is 0 Å². The third-order valence-electron chi connectivity index (χ3n) is 1.87. The minimum atomic E-state index is 0.832. The molecule has 0 aromatic rings. The highest BCUT2D eigenvalue weighted by Gasteiger charge is 2.11. The lowest BCUT2D eigenvalue weighted by Crippen LogP contribution is -2.22. The lowest BCUT2D eigenvalue weighted by Gasteiger charge is -2.12. The maximum absolute atomic E-state index is 5.50. The van der Waals surface area contributed by atoms with Gasteiger partial charge in [-0.3, -0.25) is 4.90 Å². The van der Waals surface area contributed by atoms with Crippen molar-refractivity contribution in [1.82, 2.24) is 4.90 Å². The van der Waals surface area contributed by atoms with Crippen molar-refractivity contribution in [3.05, 3.63) is 9.34 Å². The molecule has 3 heteroatoms. The molecule has 0 radical (unpaired) electrons. The number of nitrogens with zero attached hydrogens (tertiary/aromatic N) is 1. The molecule has 0 amide bonds. The van der Waals surface area contributed by atoms with E-state index in [4.69, 9.17) is 4.74 Å². The predicted molar refractivity (Wildman–Crippen MR) is 54.8 cm³/mol. The van der Waals surface area contributed by atoms with Crippen LogP contribution in [0.2, 0.25) is 0 Å². The van der Waals surface area contributed by atoms with Crippen LogP contribution in [0.4, 0.5) is 0 Å². The number of likely N-dealkylation sites (N-methyl/N-ethyl adjacent to an activating group) is 1. The maximum atomic E-state index is 5.50. The molecule has 0 aromatic carbocycles. The molecule has 0 aromatic heterocycles. The van der Waals surface area contributed by atoms with Crippen molar-refractivity contribution in [2.24, 2.45) is 0 Å². The standard InChI is InChI=1S/C8H14INO/c1-3-7-6-10(2)4-5-11-8(7)9/h3-6H2,1-2H3. The molecule has 0 saturated carbocycles. The van der Waals surface area contributed by atoms with Gasteiger partial charge in [-0.15, -0.1) is 0 Å².